The Morgan fingerprint density at radius 1 is 1.16 bits per heavy atom. The summed E-state index contributed by atoms with van der Waals surface area (Å²) in [4.78, 5) is 38.7. The molecule has 1 saturated heterocycles. The summed E-state index contributed by atoms with van der Waals surface area (Å²) >= 11 is 6.64. The highest BCUT2D eigenvalue weighted by Crippen LogP contribution is 2.35. The molecule has 0 bridgehead atoms. The maximum Gasteiger partial charge on any atom is 0.293 e. The van der Waals surface area contributed by atoms with Crippen molar-refractivity contribution < 1.29 is 23.9 Å². The van der Waals surface area contributed by atoms with Gasteiger partial charge in [-0.3, -0.25) is 19.3 Å². The lowest BCUT2D eigenvalue weighted by Gasteiger charge is -2.15. The fraction of sp³-hybridized carbons (Fsp3) is 0.261. The second kappa shape index (κ2) is 10.0. The lowest BCUT2D eigenvalue weighted by Crippen LogP contribution is -2.33. The molecule has 0 unspecified atom stereocenters. The average Bonchev–Trinajstić information content (AvgIpc) is 3.02. The Balaban J connectivity index is 1.76. The van der Waals surface area contributed by atoms with Crippen molar-refractivity contribution >= 4 is 46.4 Å². The number of thioether (sulfide) groups is 1. The molecule has 31 heavy (non-hydrogen) atoms. The van der Waals surface area contributed by atoms with E-state index in [-0.39, 0.29) is 23.3 Å². The number of amides is 2. The number of Topliss-reactive ketones (excluding diaryl/α,β-unsaturated/α-hetero) is 1. The summed E-state index contributed by atoms with van der Waals surface area (Å²) in [5, 5.41) is 0.0175. The quantitative estimate of drug-likeness (QED) is 0.386. The van der Waals surface area contributed by atoms with Gasteiger partial charge in [0, 0.05) is 10.6 Å². The van der Waals surface area contributed by atoms with Crippen LogP contribution in [0.2, 0.25) is 5.02 Å². The molecule has 2 aromatic rings. The zero-order valence-corrected chi connectivity index (χ0v) is 19.0. The Morgan fingerprint density at radius 2 is 1.87 bits per heavy atom. The number of carbonyl (C=O) groups excluding carboxylic acids is 3. The molecule has 3 rings (SSSR count). The minimum atomic E-state index is -0.504. The van der Waals surface area contributed by atoms with Crippen LogP contribution in [0.4, 0.5) is 4.79 Å². The van der Waals surface area contributed by atoms with Crippen molar-refractivity contribution in [3.05, 3.63) is 63.5 Å². The molecular weight excluding hydrogens is 438 g/mol. The molecule has 1 aliphatic rings. The number of ether oxygens (including phenoxy) is 2. The van der Waals surface area contributed by atoms with E-state index in [0.29, 0.717) is 27.6 Å². The fourth-order valence-electron chi connectivity index (χ4n) is 2.83. The number of ketones is 1. The topological polar surface area (TPSA) is 72.9 Å². The van der Waals surface area contributed by atoms with E-state index in [9.17, 15) is 14.4 Å². The molecule has 6 nitrogen and oxygen atoms in total. The molecule has 1 aliphatic heterocycles. The first-order valence-corrected chi connectivity index (χ1v) is 10.9. The van der Waals surface area contributed by atoms with E-state index in [0.717, 1.165) is 23.1 Å². The van der Waals surface area contributed by atoms with Crippen LogP contribution in [-0.4, -0.2) is 41.6 Å². The molecule has 1 atom stereocenters. The molecule has 2 amide bonds. The third kappa shape index (κ3) is 5.48. The number of benzene rings is 2. The van der Waals surface area contributed by atoms with Gasteiger partial charge in [0.05, 0.1) is 24.7 Å². The Hall–Kier alpha value is -2.77. The van der Waals surface area contributed by atoms with Gasteiger partial charge in [-0.1, -0.05) is 24.6 Å². The Labute approximate surface area is 190 Å². The molecular formula is C23H22ClNO5S. The molecule has 0 saturated carbocycles. The van der Waals surface area contributed by atoms with Crippen molar-refractivity contribution in [3.63, 3.8) is 0 Å². The standard InChI is InChI=1S/C23H22ClNO5S/c1-4-14(2)30-19-10-5-15(11-20(19)29-3)12-21-22(27)25(23(28)31-21)13-18(26)16-6-8-17(24)9-7-16/h5-12,14H,4,13H2,1-3H3/b21-12-/t14-/m1/s1. The molecule has 0 spiro atoms. The molecule has 1 heterocycles. The second-order valence-corrected chi connectivity index (χ2v) is 8.37. The van der Waals surface area contributed by atoms with Gasteiger partial charge in [-0.15, -0.1) is 0 Å². The van der Waals surface area contributed by atoms with Gasteiger partial charge in [0.2, 0.25) is 0 Å². The maximum atomic E-state index is 12.7. The van der Waals surface area contributed by atoms with Crippen LogP contribution in [-0.2, 0) is 4.79 Å². The summed E-state index contributed by atoms with van der Waals surface area (Å²) in [5.74, 6) is 0.298. The predicted molar refractivity (Wildman–Crippen MR) is 122 cm³/mol. The molecule has 0 N–H and O–H groups in total. The molecule has 0 aliphatic carbocycles. The van der Waals surface area contributed by atoms with Gasteiger partial charge in [-0.2, -0.15) is 0 Å². The van der Waals surface area contributed by atoms with E-state index in [1.165, 1.54) is 0 Å². The summed E-state index contributed by atoms with van der Waals surface area (Å²) in [5.41, 5.74) is 1.07. The zero-order chi connectivity index (χ0) is 22.5. The number of methoxy groups -OCH3 is 1. The molecule has 0 aromatic heterocycles. The summed E-state index contributed by atoms with van der Waals surface area (Å²) in [7, 11) is 1.54. The van der Waals surface area contributed by atoms with E-state index in [1.807, 2.05) is 13.8 Å². The minimum Gasteiger partial charge on any atom is -0.493 e. The summed E-state index contributed by atoms with van der Waals surface area (Å²) in [6.45, 7) is 3.67. The van der Waals surface area contributed by atoms with E-state index >= 15 is 0 Å². The van der Waals surface area contributed by atoms with Gasteiger partial charge in [-0.05, 0) is 73.1 Å². The number of hydrogen-bond donors (Lipinski definition) is 0. The third-order valence-electron chi connectivity index (χ3n) is 4.73. The monoisotopic (exact) mass is 459 g/mol. The van der Waals surface area contributed by atoms with Gasteiger partial charge < -0.3 is 9.47 Å². The van der Waals surface area contributed by atoms with Crippen molar-refractivity contribution in [2.24, 2.45) is 0 Å². The molecule has 0 radical (unpaired) electrons. The van der Waals surface area contributed by atoms with Gasteiger partial charge in [0.15, 0.2) is 17.3 Å². The summed E-state index contributed by atoms with van der Waals surface area (Å²) in [6.07, 6.45) is 2.49. The van der Waals surface area contributed by atoms with Crippen LogP contribution in [0, 0.1) is 0 Å². The predicted octanol–water partition coefficient (Wildman–Crippen LogP) is 5.45. The van der Waals surface area contributed by atoms with Gasteiger partial charge in [0.1, 0.15) is 0 Å². The molecule has 1 fully saturated rings. The van der Waals surface area contributed by atoms with Gasteiger partial charge in [-0.25, -0.2) is 0 Å². The van der Waals surface area contributed by atoms with E-state index in [4.69, 9.17) is 21.1 Å². The van der Waals surface area contributed by atoms with Crippen molar-refractivity contribution in [1.29, 1.82) is 0 Å². The van der Waals surface area contributed by atoms with Crippen LogP contribution in [0.3, 0.4) is 0 Å². The second-order valence-electron chi connectivity index (χ2n) is 6.94. The highest BCUT2D eigenvalue weighted by atomic mass is 35.5. The smallest absolute Gasteiger partial charge is 0.293 e. The fourth-order valence-corrected chi connectivity index (χ4v) is 3.79. The maximum absolute atomic E-state index is 12.7. The van der Waals surface area contributed by atoms with Crippen molar-refractivity contribution in [2.45, 2.75) is 26.4 Å². The summed E-state index contributed by atoms with van der Waals surface area (Å²) < 4.78 is 11.2. The lowest BCUT2D eigenvalue weighted by molar-refractivity contribution is -0.122. The zero-order valence-electron chi connectivity index (χ0n) is 17.4. The number of carbonyl (C=O) groups is 3. The Morgan fingerprint density at radius 3 is 2.52 bits per heavy atom. The Kier molecular flexibility index (Phi) is 7.41. The minimum absolute atomic E-state index is 0.0365. The largest absolute Gasteiger partial charge is 0.493 e. The van der Waals surface area contributed by atoms with Crippen LogP contribution >= 0.6 is 23.4 Å². The van der Waals surface area contributed by atoms with Crippen molar-refractivity contribution in [2.75, 3.05) is 13.7 Å². The first-order chi connectivity index (χ1) is 14.8. The number of halogens is 1. The number of nitrogens with zero attached hydrogens (tertiary/aromatic N) is 1. The van der Waals surface area contributed by atoms with Crippen LogP contribution in [0.15, 0.2) is 47.4 Å². The highest BCUT2D eigenvalue weighted by molar-refractivity contribution is 8.18. The van der Waals surface area contributed by atoms with Crippen molar-refractivity contribution in [1.82, 2.24) is 4.90 Å². The lowest BCUT2D eigenvalue weighted by atomic mass is 10.1. The van der Waals surface area contributed by atoms with Gasteiger partial charge in [0.25, 0.3) is 11.1 Å². The van der Waals surface area contributed by atoms with Crippen LogP contribution in [0.1, 0.15) is 36.2 Å². The third-order valence-corrected chi connectivity index (χ3v) is 5.89. The van der Waals surface area contributed by atoms with E-state index in [2.05, 4.69) is 0 Å². The Bertz CT molecular complexity index is 1030. The SMILES string of the molecule is CC[C@@H](C)Oc1ccc(/C=C2\SC(=O)N(CC(=O)c3ccc(Cl)cc3)C2=O)cc1OC. The normalized spacial score (nSPS) is 16.0. The van der Waals surface area contributed by atoms with Crippen LogP contribution in [0.25, 0.3) is 6.08 Å². The molecule has 162 valence electrons. The number of rotatable bonds is 8. The van der Waals surface area contributed by atoms with Crippen molar-refractivity contribution in [3.8, 4) is 11.5 Å². The first-order valence-electron chi connectivity index (χ1n) is 9.71. The van der Waals surface area contributed by atoms with E-state index in [1.54, 1.807) is 55.7 Å². The summed E-state index contributed by atoms with van der Waals surface area (Å²) in [6, 6.07) is 11.6. The van der Waals surface area contributed by atoms with E-state index < -0.39 is 11.1 Å². The first kappa shape index (κ1) is 22.9. The van der Waals surface area contributed by atoms with Crippen LogP contribution < -0.4 is 9.47 Å². The highest BCUT2D eigenvalue weighted by Gasteiger charge is 2.36. The number of hydrogen-bond acceptors (Lipinski definition) is 6. The molecule has 2 aromatic carbocycles. The van der Waals surface area contributed by atoms with Gasteiger partial charge >= 0.3 is 0 Å². The van der Waals surface area contributed by atoms with Crippen LogP contribution in [0.5, 0.6) is 11.5 Å². The number of imide groups is 1. The average molecular weight is 460 g/mol. The molecule has 8 heteroatoms.